The number of hydrogen-bond donors (Lipinski definition) is 0. The highest BCUT2D eigenvalue weighted by atomic mass is 16.6. The largest absolute Gasteiger partial charge is 0.496 e. The van der Waals surface area contributed by atoms with Crippen LogP contribution in [0, 0.1) is 0 Å². The first-order valence-electron chi connectivity index (χ1n) is 5.53. The van der Waals surface area contributed by atoms with E-state index in [2.05, 4.69) is 0 Å². The second kappa shape index (κ2) is 5.00. The van der Waals surface area contributed by atoms with E-state index in [0.29, 0.717) is 29.1 Å². The van der Waals surface area contributed by atoms with Gasteiger partial charge in [-0.05, 0) is 19.1 Å². The molecule has 0 aliphatic carbocycles. The molecule has 0 bridgehead atoms. The van der Waals surface area contributed by atoms with E-state index in [1.807, 2.05) is 6.92 Å². The van der Waals surface area contributed by atoms with Gasteiger partial charge in [-0.3, -0.25) is 4.79 Å². The van der Waals surface area contributed by atoms with Crippen molar-refractivity contribution in [3.63, 3.8) is 0 Å². The molecule has 0 unspecified atom stereocenters. The van der Waals surface area contributed by atoms with Crippen molar-refractivity contribution in [3.8, 4) is 17.4 Å². The first-order valence-corrected chi connectivity index (χ1v) is 5.53. The highest BCUT2D eigenvalue weighted by Crippen LogP contribution is 2.32. The van der Waals surface area contributed by atoms with Gasteiger partial charge >= 0.3 is 0 Å². The third-order valence-corrected chi connectivity index (χ3v) is 2.51. The van der Waals surface area contributed by atoms with Crippen LogP contribution in [0.1, 0.15) is 6.92 Å². The summed E-state index contributed by atoms with van der Waals surface area (Å²) in [7, 11) is 3.01. The first-order chi connectivity index (χ1) is 8.71. The minimum atomic E-state index is -0.226. The predicted molar refractivity (Wildman–Crippen MR) is 66.8 cm³/mol. The molecule has 0 radical (unpaired) electrons. The molecule has 0 N–H and O–H groups in total. The van der Waals surface area contributed by atoms with Gasteiger partial charge in [0, 0.05) is 0 Å². The Morgan fingerprint density at radius 2 is 1.83 bits per heavy atom. The minimum Gasteiger partial charge on any atom is -0.496 e. The Labute approximate surface area is 104 Å². The van der Waals surface area contributed by atoms with E-state index in [-0.39, 0.29) is 11.4 Å². The van der Waals surface area contributed by atoms with E-state index >= 15 is 0 Å². The van der Waals surface area contributed by atoms with Crippen LogP contribution < -0.4 is 19.6 Å². The summed E-state index contributed by atoms with van der Waals surface area (Å²) in [6.45, 7) is 2.23. The third kappa shape index (κ3) is 1.99. The van der Waals surface area contributed by atoms with Crippen LogP contribution in [0.25, 0.3) is 11.0 Å². The second-order valence-electron chi connectivity index (χ2n) is 3.54. The standard InChI is InChI=1S/C13H14O5/c1-4-17-11-7-8(14)12-9(15-2)5-6-10(16-3)13(12)18-11/h5-7H,4H2,1-3H3. The highest BCUT2D eigenvalue weighted by molar-refractivity contribution is 5.88. The van der Waals surface area contributed by atoms with Crippen LogP contribution in [0.5, 0.6) is 17.4 Å². The van der Waals surface area contributed by atoms with Crippen molar-refractivity contribution >= 4 is 11.0 Å². The Balaban J connectivity index is 2.80. The molecular weight excluding hydrogens is 236 g/mol. The maximum absolute atomic E-state index is 12.0. The summed E-state index contributed by atoms with van der Waals surface area (Å²) in [5.41, 5.74) is 0.100. The number of benzene rings is 1. The van der Waals surface area contributed by atoms with Crippen molar-refractivity contribution in [2.24, 2.45) is 0 Å². The average molecular weight is 250 g/mol. The van der Waals surface area contributed by atoms with Crippen LogP contribution in [0.4, 0.5) is 0 Å². The summed E-state index contributed by atoms with van der Waals surface area (Å²) in [6, 6.07) is 4.64. The zero-order valence-electron chi connectivity index (χ0n) is 10.5. The van der Waals surface area contributed by atoms with Crippen molar-refractivity contribution in [1.82, 2.24) is 0 Å². The van der Waals surface area contributed by atoms with E-state index in [4.69, 9.17) is 18.6 Å². The third-order valence-electron chi connectivity index (χ3n) is 2.51. The lowest BCUT2D eigenvalue weighted by Crippen LogP contribution is -2.05. The van der Waals surface area contributed by atoms with Crippen LogP contribution in [-0.4, -0.2) is 20.8 Å². The Morgan fingerprint density at radius 3 is 2.44 bits per heavy atom. The normalized spacial score (nSPS) is 10.4. The Kier molecular flexibility index (Phi) is 3.41. The molecule has 0 aliphatic heterocycles. The molecule has 0 atom stereocenters. The molecule has 0 spiro atoms. The molecule has 18 heavy (non-hydrogen) atoms. The molecule has 0 amide bonds. The molecular formula is C13H14O5. The Hall–Kier alpha value is -2.17. The maximum Gasteiger partial charge on any atom is 0.288 e. The van der Waals surface area contributed by atoms with Gasteiger partial charge in [0.25, 0.3) is 5.95 Å². The second-order valence-corrected chi connectivity index (χ2v) is 3.54. The summed E-state index contributed by atoms with van der Waals surface area (Å²) in [5, 5.41) is 0.348. The summed E-state index contributed by atoms with van der Waals surface area (Å²) >= 11 is 0. The highest BCUT2D eigenvalue weighted by Gasteiger charge is 2.15. The number of rotatable bonds is 4. The fraction of sp³-hybridized carbons (Fsp3) is 0.308. The van der Waals surface area contributed by atoms with Gasteiger partial charge in [-0.15, -0.1) is 0 Å². The van der Waals surface area contributed by atoms with Gasteiger partial charge in [0.1, 0.15) is 11.1 Å². The maximum atomic E-state index is 12.0. The van der Waals surface area contributed by atoms with Crippen LogP contribution in [0.15, 0.2) is 27.4 Å². The molecule has 96 valence electrons. The first kappa shape index (κ1) is 12.3. The molecule has 0 saturated carbocycles. The van der Waals surface area contributed by atoms with E-state index in [1.54, 1.807) is 12.1 Å². The molecule has 5 heteroatoms. The van der Waals surface area contributed by atoms with Gasteiger partial charge in [0.2, 0.25) is 5.43 Å². The van der Waals surface area contributed by atoms with Crippen molar-refractivity contribution in [2.45, 2.75) is 6.92 Å². The van der Waals surface area contributed by atoms with Crippen molar-refractivity contribution < 1.29 is 18.6 Å². The number of ether oxygens (including phenoxy) is 3. The van der Waals surface area contributed by atoms with E-state index in [0.717, 1.165) is 0 Å². The lowest BCUT2D eigenvalue weighted by atomic mass is 10.2. The van der Waals surface area contributed by atoms with Gasteiger partial charge in [0.15, 0.2) is 11.3 Å². The van der Waals surface area contributed by atoms with Crippen LogP contribution in [-0.2, 0) is 0 Å². The van der Waals surface area contributed by atoms with Gasteiger partial charge in [-0.2, -0.15) is 0 Å². The fourth-order valence-corrected chi connectivity index (χ4v) is 1.73. The van der Waals surface area contributed by atoms with Crippen molar-refractivity contribution in [2.75, 3.05) is 20.8 Å². The molecule has 5 nitrogen and oxygen atoms in total. The molecule has 0 fully saturated rings. The van der Waals surface area contributed by atoms with Crippen LogP contribution in [0.2, 0.25) is 0 Å². The molecule has 0 aliphatic rings. The van der Waals surface area contributed by atoms with E-state index in [1.165, 1.54) is 20.3 Å². The van der Waals surface area contributed by atoms with Gasteiger partial charge < -0.3 is 18.6 Å². The number of fused-ring (bicyclic) bond motifs is 1. The minimum absolute atomic E-state index is 0.168. The lowest BCUT2D eigenvalue weighted by molar-refractivity contribution is 0.258. The molecule has 2 rings (SSSR count). The molecule has 1 heterocycles. The van der Waals surface area contributed by atoms with Crippen molar-refractivity contribution in [1.29, 1.82) is 0 Å². The van der Waals surface area contributed by atoms with Crippen LogP contribution in [0.3, 0.4) is 0 Å². The summed E-state index contributed by atoms with van der Waals surface area (Å²) in [6.07, 6.45) is 0. The van der Waals surface area contributed by atoms with Crippen LogP contribution >= 0.6 is 0 Å². The lowest BCUT2D eigenvalue weighted by Gasteiger charge is -2.09. The predicted octanol–water partition coefficient (Wildman–Crippen LogP) is 2.21. The Morgan fingerprint density at radius 1 is 1.17 bits per heavy atom. The topological polar surface area (TPSA) is 57.9 Å². The van der Waals surface area contributed by atoms with E-state index in [9.17, 15) is 4.79 Å². The quantitative estimate of drug-likeness (QED) is 0.832. The summed E-state index contributed by atoms with van der Waals surface area (Å²) in [4.78, 5) is 12.0. The van der Waals surface area contributed by atoms with Gasteiger partial charge in [0.05, 0.1) is 26.9 Å². The van der Waals surface area contributed by atoms with Crippen molar-refractivity contribution in [3.05, 3.63) is 28.4 Å². The number of hydrogen-bond acceptors (Lipinski definition) is 5. The molecule has 0 saturated heterocycles. The smallest absolute Gasteiger partial charge is 0.288 e. The summed E-state index contributed by atoms with van der Waals surface area (Å²) in [5.74, 6) is 1.08. The zero-order chi connectivity index (χ0) is 13.1. The zero-order valence-corrected chi connectivity index (χ0v) is 10.5. The Bertz CT molecular complexity index is 615. The molecule has 1 aromatic heterocycles. The monoisotopic (exact) mass is 250 g/mol. The van der Waals surface area contributed by atoms with Gasteiger partial charge in [-0.1, -0.05) is 0 Å². The van der Waals surface area contributed by atoms with Gasteiger partial charge in [-0.25, -0.2) is 0 Å². The number of methoxy groups -OCH3 is 2. The SMILES string of the molecule is CCOc1cc(=O)c2c(OC)ccc(OC)c2o1. The van der Waals surface area contributed by atoms with E-state index < -0.39 is 0 Å². The molecule has 2 aromatic rings. The molecule has 1 aromatic carbocycles. The average Bonchev–Trinajstić information content (AvgIpc) is 2.37. The summed E-state index contributed by atoms with van der Waals surface area (Å²) < 4.78 is 21.0. The fourth-order valence-electron chi connectivity index (χ4n) is 1.73.